The first-order chi connectivity index (χ1) is 10.5. The standard InChI is InChI=1S/C14H16BrF2NO4S/c1-14(16,17)4-3-8-7-23(20,21)12-6-11(22-2)9(15)5-10(12)18-13(8)19/h5-6,8H,3-4,7H2,1-2H3,(H,18,19). The number of sulfone groups is 1. The first kappa shape index (κ1) is 18.1. The minimum Gasteiger partial charge on any atom is -0.496 e. The van der Waals surface area contributed by atoms with Gasteiger partial charge in [0.2, 0.25) is 11.8 Å². The summed E-state index contributed by atoms with van der Waals surface area (Å²) in [6, 6.07) is 2.74. The normalized spacial score (nSPS) is 20.4. The van der Waals surface area contributed by atoms with Crippen molar-refractivity contribution in [2.75, 3.05) is 18.2 Å². The molecule has 0 fully saturated rings. The molecule has 0 spiro atoms. The summed E-state index contributed by atoms with van der Waals surface area (Å²) in [5.41, 5.74) is 0.119. The second-order valence-corrected chi connectivity index (χ2v) is 8.42. The maximum absolute atomic E-state index is 13.0. The van der Waals surface area contributed by atoms with Gasteiger partial charge in [-0.3, -0.25) is 4.79 Å². The maximum Gasteiger partial charge on any atom is 0.245 e. The van der Waals surface area contributed by atoms with Crippen LogP contribution < -0.4 is 10.1 Å². The SMILES string of the molecule is COc1cc2c(cc1Br)NC(=O)C(CCC(C)(F)F)CS2(=O)=O. The fourth-order valence-electron chi connectivity index (χ4n) is 2.35. The van der Waals surface area contributed by atoms with Crippen molar-refractivity contribution in [2.24, 2.45) is 5.92 Å². The number of amides is 1. The van der Waals surface area contributed by atoms with Gasteiger partial charge >= 0.3 is 0 Å². The Kier molecular flexibility index (Phi) is 5.00. The van der Waals surface area contributed by atoms with Crippen LogP contribution in [0.3, 0.4) is 0 Å². The van der Waals surface area contributed by atoms with E-state index in [1.54, 1.807) is 0 Å². The zero-order valence-electron chi connectivity index (χ0n) is 12.5. The zero-order chi connectivity index (χ0) is 17.4. The number of hydrogen-bond acceptors (Lipinski definition) is 4. The number of methoxy groups -OCH3 is 1. The monoisotopic (exact) mass is 411 g/mol. The third-order valence-electron chi connectivity index (χ3n) is 3.57. The molecule has 2 rings (SSSR count). The lowest BCUT2D eigenvalue weighted by molar-refractivity contribution is -0.119. The number of nitrogens with one attached hydrogen (secondary N) is 1. The van der Waals surface area contributed by atoms with Gasteiger partial charge < -0.3 is 10.1 Å². The topological polar surface area (TPSA) is 72.5 Å². The molecule has 9 heteroatoms. The van der Waals surface area contributed by atoms with Crippen molar-refractivity contribution in [1.82, 2.24) is 0 Å². The van der Waals surface area contributed by atoms with Gasteiger partial charge in [-0.2, -0.15) is 0 Å². The summed E-state index contributed by atoms with van der Waals surface area (Å²) < 4.78 is 56.6. The minimum atomic E-state index is -3.81. The number of benzene rings is 1. The number of anilines is 1. The molecule has 5 nitrogen and oxygen atoms in total. The van der Waals surface area contributed by atoms with Crippen LogP contribution in [0.1, 0.15) is 19.8 Å². The molecule has 1 heterocycles. The van der Waals surface area contributed by atoms with Crippen LogP contribution in [-0.2, 0) is 14.6 Å². The molecule has 0 radical (unpaired) electrons. The summed E-state index contributed by atoms with van der Waals surface area (Å²) in [6.07, 6.45) is -0.759. The lowest BCUT2D eigenvalue weighted by atomic mass is 10.0. The van der Waals surface area contributed by atoms with Crippen molar-refractivity contribution >= 4 is 37.4 Å². The van der Waals surface area contributed by atoms with Gasteiger partial charge in [0.25, 0.3) is 0 Å². The van der Waals surface area contributed by atoms with Crippen molar-refractivity contribution in [3.05, 3.63) is 16.6 Å². The molecule has 1 atom stereocenters. The highest BCUT2D eigenvalue weighted by atomic mass is 79.9. The number of ether oxygens (including phenoxy) is 1. The van der Waals surface area contributed by atoms with Gasteiger partial charge in [0, 0.05) is 12.5 Å². The van der Waals surface area contributed by atoms with Crippen molar-refractivity contribution in [3.63, 3.8) is 0 Å². The molecule has 0 aliphatic carbocycles. The second kappa shape index (κ2) is 6.35. The molecule has 1 aromatic carbocycles. The molecule has 0 bridgehead atoms. The molecular formula is C14H16BrF2NO4S. The van der Waals surface area contributed by atoms with Crippen molar-refractivity contribution in [2.45, 2.75) is 30.6 Å². The lowest BCUT2D eigenvalue weighted by Gasteiger charge is -2.15. The van der Waals surface area contributed by atoms with E-state index in [0.717, 1.165) is 6.92 Å². The van der Waals surface area contributed by atoms with E-state index in [1.807, 2.05) is 0 Å². The first-order valence-electron chi connectivity index (χ1n) is 6.82. The van der Waals surface area contributed by atoms with Crippen LogP contribution in [-0.4, -0.2) is 33.1 Å². The van der Waals surface area contributed by atoms with Gasteiger partial charge in [-0.15, -0.1) is 0 Å². The van der Waals surface area contributed by atoms with E-state index in [9.17, 15) is 22.0 Å². The van der Waals surface area contributed by atoms with Crippen LogP contribution in [0.15, 0.2) is 21.5 Å². The third-order valence-corrected chi connectivity index (χ3v) is 6.04. The van der Waals surface area contributed by atoms with E-state index in [0.29, 0.717) is 10.2 Å². The Morgan fingerprint density at radius 2 is 2.09 bits per heavy atom. The summed E-state index contributed by atoms with van der Waals surface area (Å²) >= 11 is 3.22. The van der Waals surface area contributed by atoms with Gasteiger partial charge in [0.05, 0.1) is 33.8 Å². The van der Waals surface area contributed by atoms with Crippen LogP contribution in [0.5, 0.6) is 5.75 Å². The summed E-state index contributed by atoms with van der Waals surface area (Å²) in [5, 5.41) is 2.51. The summed E-state index contributed by atoms with van der Waals surface area (Å²) in [5.74, 6) is -4.75. The predicted octanol–water partition coefficient (Wildman–Crippen LogP) is 3.24. The van der Waals surface area contributed by atoms with E-state index in [-0.39, 0.29) is 17.0 Å². The summed E-state index contributed by atoms with van der Waals surface area (Å²) in [7, 11) is -2.42. The molecule has 23 heavy (non-hydrogen) atoms. The molecule has 1 amide bonds. The lowest BCUT2D eigenvalue weighted by Crippen LogP contribution is -2.27. The Morgan fingerprint density at radius 1 is 1.43 bits per heavy atom. The van der Waals surface area contributed by atoms with E-state index in [2.05, 4.69) is 21.2 Å². The van der Waals surface area contributed by atoms with Gasteiger partial charge in [-0.1, -0.05) is 0 Å². The molecule has 1 aliphatic heterocycles. The average molecular weight is 412 g/mol. The predicted molar refractivity (Wildman–Crippen MR) is 84.7 cm³/mol. The number of fused-ring (bicyclic) bond motifs is 1. The highest BCUT2D eigenvalue weighted by molar-refractivity contribution is 9.10. The first-order valence-corrected chi connectivity index (χ1v) is 9.27. The smallest absolute Gasteiger partial charge is 0.245 e. The Bertz CT molecular complexity index is 731. The molecule has 0 saturated carbocycles. The molecule has 0 saturated heterocycles. The van der Waals surface area contributed by atoms with Crippen LogP contribution >= 0.6 is 15.9 Å². The molecular weight excluding hydrogens is 396 g/mol. The van der Waals surface area contributed by atoms with E-state index >= 15 is 0 Å². The van der Waals surface area contributed by atoms with Crippen LogP contribution in [0, 0.1) is 5.92 Å². The van der Waals surface area contributed by atoms with E-state index < -0.39 is 39.8 Å². The van der Waals surface area contributed by atoms with Gasteiger partial charge in [0.1, 0.15) is 5.75 Å². The maximum atomic E-state index is 13.0. The molecule has 0 aromatic heterocycles. The van der Waals surface area contributed by atoms with Crippen molar-refractivity contribution < 1.29 is 26.7 Å². The fraction of sp³-hybridized carbons (Fsp3) is 0.500. The van der Waals surface area contributed by atoms with Gasteiger partial charge in [-0.05, 0) is 35.3 Å². The minimum absolute atomic E-state index is 0.0725. The number of alkyl halides is 2. The Labute approximate surface area is 141 Å². The number of carbonyl (C=O) groups is 1. The zero-order valence-corrected chi connectivity index (χ0v) is 14.9. The molecule has 128 valence electrons. The van der Waals surface area contributed by atoms with Crippen LogP contribution in [0.25, 0.3) is 0 Å². The van der Waals surface area contributed by atoms with Gasteiger partial charge in [-0.25, -0.2) is 17.2 Å². The number of carbonyl (C=O) groups excluding carboxylic acids is 1. The highest BCUT2D eigenvalue weighted by Gasteiger charge is 2.35. The van der Waals surface area contributed by atoms with Crippen LogP contribution in [0.2, 0.25) is 0 Å². The van der Waals surface area contributed by atoms with E-state index in [4.69, 9.17) is 4.74 Å². The largest absolute Gasteiger partial charge is 0.496 e. The van der Waals surface area contributed by atoms with Crippen molar-refractivity contribution in [3.8, 4) is 5.75 Å². The van der Waals surface area contributed by atoms with Crippen LogP contribution in [0.4, 0.5) is 14.5 Å². The number of halogens is 3. The Hall–Kier alpha value is -1.22. The average Bonchev–Trinajstić information content (AvgIpc) is 2.50. The third kappa shape index (κ3) is 4.20. The van der Waals surface area contributed by atoms with Crippen molar-refractivity contribution in [1.29, 1.82) is 0 Å². The highest BCUT2D eigenvalue weighted by Crippen LogP contribution is 2.37. The second-order valence-electron chi connectivity index (χ2n) is 5.56. The number of rotatable bonds is 4. The molecule has 1 aliphatic rings. The quantitative estimate of drug-likeness (QED) is 0.825. The number of hydrogen-bond donors (Lipinski definition) is 1. The summed E-state index contributed by atoms with van der Waals surface area (Å²) in [4.78, 5) is 12.1. The van der Waals surface area contributed by atoms with Gasteiger partial charge in [0.15, 0.2) is 9.84 Å². The Balaban J connectivity index is 2.39. The fourth-order valence-corrected chi connectivity index (χ4v) is 4.62. The summed E-state index contributed by atoms with van der Waals surface area (Å²) in [6.45, 7) is 0.743. The molecule has 1 aromatic rings. The Morgan fingerprint density at radius 3 is 2.65 bits per heavy atom. The molecule has 1 N–H and O–H groups in total. The molecule has 1 unspecified atom stereocenters. The van der Waals surface area contributed by atoms with E-state index in [1.165, 1.54) is 19.2 Å².